The molecule has 1 aromatic carbocycles. The van der Waals surface area contributed by atoms with Crippen molar-refractivity contribution in [1.29, 1.82) is 0 Å². The molecule has 0 radical (unpaired) electrons. The number of carbonyl (C=O) groups is 1. The first-order valence-corrected chi connectivity index (χ1v) is 7.24. The SMILES string of the molecule is O=C1C=CC2=CN=C(c3cccc(CO)c3)N3CCC(=C23)N1. The van der Waals surface area contributed by atoms with E-state index in [2.05, 4.69) is 15.2 Å². The van der Waals surface area contributed by atoms with Crippen molar-refractivity contribution in [2.24, 2.45) is 4.99 Å². The average Bonchev–Trinajstić information content (AvgIpc) is 2.89. The molecule has 0 bridgehead atoms. The minimum atomic E-state index is -0.0940. The molecule has 0 aliphatic carbocycles. The summed E-state index contributed by atoms with van der Waals surface area (Å²) in [6.07, 6.45) is 5.93. The Morgan fingerprint density at radius 3 is 3.09 bits per heavy atom. The number of benzene rings is 1. The van der Waals surface area contributed by atoms with Crippen molar-refractivity contribution in [1.82, 2.24) is 10.2 Å². The van der Waals surface area contributed by atoms with Gasteiger partial charge in [-0.1, -0.05) is 18.2 Å². The molecule has 1 aromatic rings. The number of amidine groups is 1. The van der Waals surface area contributed by atoms with E-state index in [4.69, 9.17) is 0 Å². The summed E-state index contributed by atoms with van der Waals surface area (Å²) >= 11 is 0. The lowest BCUT2D eigenvalue weighted by Gasteiger charge is -2.27. The van der Waals surface area contributed by atoms with E-state index in [1.54, 1.807) is 12.3 Å². The number of nitrogens with one attached hydrogen (secondary N) is 1. The Bertz CT molecular complexity index is 787. The predicted octanol–water partition coefficient (Wildman–Crippen LogP) is 1.43. The predicted molar refractivity (Wildman–Crippen MR) is 82.6 cm³/mol. The minimum absolute atomic E-state index is 0.00888. The van der Waals surface area contributed by atoms with Crippen molar-refractivity contribution in [3.05, 3.63) is 70.7 Å². The number of nitrogens with zero attached hydrogens (tertiary/aromatic N) is 2. The first-order valence-electron chi connectivity index (χ1n) is 7.24. The fraction of sp³-hybridized carbons (Fsp3) is 0.176. The summed E-state index contributed by atoms with van der Waals surface area (Å²) in [6, 6.07) is 7.74. The average molecular weight is 293 g/mol. The summed E-state index contributed by atoms with van der Waals surface area (Å²) in [5.41, 5.74) is 4.76. The minimum Gasteiger partial charge on any atom is -0.392 e. The summed E-state index contributed by atoms with van der Waals surface area (Å²) in [7, 11) is 0. The van der Waals surface area contributed by atoms with Crippen LogP contribution in [0.4, 0.5) is 0 Å². The molecule has 2 N–H and O–H groups in total. The van der Waals surface area contributed by atoms with Crippen LogP contribution in [0, 0.1) is 0 Å². The Kier molecular flexibility index (Phi) is 2.94. The quantitative estimate of drug-likeness (QED) is 0.867. The standard InChI is InChI=1S/C17H15N3O2/c21-10-11-2-1-3-12(8-11)17-18-9-13-4-5-15(22)19-14-6-7-20(17)16(13)14/h1-5,8-9,21H,6-7,10H2,(H,19,22). The monoisotopic (exact) mass is 293 g/mol. The van der Waals surface area contributed by atoms with Gasteiger partial charge in [-0.15, -0.1) is 0 Å². The van der Waals surface area contributed by atoms with Crippen LogP contribution in [0.25, 0.3) is 0 Å². The van der Waals surface area contributed by atoms with Gasteiger partial charge in [0.15, 0.2) is 0 Å². The largest absolute Gasteiger partial charge is 0.392 e. The summed E-state index contributed by atoms with van der Waals surface area (Å²) in [5, 5.41) is 12.3. The van der Waals surface area contributed by atoms with Crippen LogP contribution in [-0.4, -0.2) is 28.3 Å². The molecule has 0 spiro atoms. The fourth-order valence-corrected chi connectivity index (χ4v) is 3.06. The molecule has 0 aromatic heterocycles. The Morgan fingerprint density at radius 2 is 2.23 bits per heavy atom. The third-order valence-corrected chi connectivity index (χ3v) is 4.05. The highest BCUT2D eigenvalue weighted by atomic mass is 16.3. The van der Waals surface area contributed by atoms with Crippen molar-refractivity contribution in [2.75, 3.05) is 6.54 Å². The lowest BCUT2D eigenvalue weighted by molar-refractivity contribution is -0.115. The topological polar surface area (TPSA) is 64.9 Å². The zero-order chi connectivity index (χ0) is 15.1. The van der Waals surface area contributed by atoms with Gasteiger partial charge in [0.05, 0.1) is 12.3 Å². The van der Waals surface area contributed by atoms with Gasteiger partial charge in [-0.2, -0.15) is 0 Å². The number of hydrogen-bond donors (Lipinski definition) is 2. The highest BCUT2D eigenvalue weighted by Gasteiger charge is 2.32. The van der Waals surface area contributed by atoms with Gasteiger partial charge >= 0.3 is 0 Å². The van der Waals surface area contributed by atoms with E-state index >= 15 is 0 Å². The van der Waals surface area contributed by atoms with Crippen LogP contribution in [0.3, 0.4) is 0 Å². The number of amides is 1. The van der Waals surface area contributed by atoms with Crippen LogP contribution in [0.15, 0.2) is 64.6 Å². The fourth-order valence-electron chi connectivity index (χ4n) is 3.06. The van der Waals surface area contributed by atoms with Gasteiger partial charge in [-0.3, -0.25) is 4.79 Å². The number of allylic oxidation sites excluding steroid dienone is 1. The molecule has 0 saturated carbocycles. The molecule has 3 aliphatic heterocycles. The van der Waals surface area contributed by atoms with Crippen molar-refractivity contribution < 1.29 is 9.90 Å². The number of carbonyl (C=O) groups excluding carboxylic acids is 1. The number of aliphatic hydroxyl groups excluding tert-OH is 1. The van der Waals surface area contributed by atoms with Gasteiger partial charge in [0.25, 0.3) is 0 Å². The van der Waals surface area contributed by atoms with Crippen LogP contribution < -0.4 is 5.32 Å². The van der Waals surface area contributed by atoms with E-state index in [1.165, 1.54) is 6.08 Å². The third kappa shape index (κ3) is 1.98. The summed E-state index contributed by atoms with van der Waals surface area (Å²) in [4.78, 5) is 18.4. The molecule has 4 rings (SSSR count). The molecule has 110 valence electrons. The number of aliphatic imine (C=N–C) groups is 1. The van der Waals surface area contributed by atoms with Gasteiger partial charge in [0, 0.05) is 42.1 Å². The molecule has 0 saturated heterocycles. The normalized spacial score (nSPS) is 19.5. The molecular weight excluding hydrogens is 278 g/mol. The molecule has 0 unspecified atom stereocenters. The number of aliphatic hydroxyl groups is 1. The van der Waals surface area contributed by atoms with Gasteiger partial charge in [-0.05, 0) is 17.7 Å². The van der Waals surface area contributed by atoms with Crippen LogP contribution in [0.5, 0.6) is 0 Å². The van der Waals surface area contributed by atoms with Gasteiger partial charge in [0.2, 0.25) is 5.91 Å². The maximum absolute atomic E-state index is 11.7. The maximum Gasteiger partial charge on any atom is 0.248 e. The lowest BCUT2D eigenvalue weighted by atomic mass is 10.1. The van der Waals surface area contributed by atoms with Gasteiger partial charge in [0.1, 0.15) is 5.84 Å². The molecule has 3 aliphatic rings. The zero-order valence-corrected chi connectivity index (χ0v) is 11.9. The van der Waals surface area contributed by atoms with E-state index < -0.39 is 0 Å². The van der Waals surface area contributed by atoms with Crippen molar-refractivity contribution in [2.45, 2.75) is 13.0 Å². The Morgan fingerprint density at radius 1 is 1.32 bits per heavy atom. The van der Waals surface area contributed by atoms with Crippen LogP contribution in [0.1, 0.15) is 17.5 Å². The highest BCUT2D eigenvalue weighted by molar-refractivity contribution is 6.03. The second-order valence-corrected chi connectivity index (χ2v) is 5.45. The molecule has 1 amide bonds. The first kappa shape index (κ1) is 13.0. The molecule has 5 heteroatoms. The zero-order valence-electron chi connectivity index (χ0n) is 11.9. The van der Waals surface area contributed by atoms with Crippen molar-refractivity contribution in [3.63, 3.8) is 0 Å². The second kappa shape index (κ2) is 4.96. The molecule has 3 heterocycles. The van der Waals surface area contributed by atoms with Gasteiger partial charge in [-0.25, -0.2) is 4.99 Å². The van der Waals surface area contributed by atoms with Crippen molar-refractivity contribution >= 4 is 11.7 Å². The summed E-state index contributed by atoms with van der Waals surface area (Å²) < 4.78 is 0. The van der Waals surface area contributed by atoms with E-state index in [1.807, 2.05) is 24.3 Å². The molecule has 0 fully saturated rings. The Labute approximate surface area is 128 Å². The number of rotatable bonds is 2. The van der Waals surface area contributed by atoms with Gasteiger partial charge < -0.3 is 15.3 Å². The summed E-state index contributed by atoms with van der Waals surface area (Å²) in [5.74, 6) is 0.761. The molecular formula is C17H15N3O2. The van der Waals surface area contributed by atoms with Crippen LogP contribution >= 0.6 is 0 Å². The molecule has 5 nitrogen and oxygen atoms in total. The summed E-state index contributed by atoms with van der Waals surface area (Å²) in [6.45, 7) is 0.799. The Hall–Kier alpha value is -2.66. The second-order valence-electron chi connectivity index (χ2n) is 5.45. The molecule has 22 heavy (non-hydrogen) atoms. The smallest absolute Gasteiger partial charge is 0.248 e. The van der Waals surface area contributed by atoms with Crippen LogP contribution in [0.2, 0.25) is 0 Å². The van der Waals surface area contributed by atoms with E-state index in [-0.39, 0.29) is 12.5 Å². The third-order valence-electron chi connectivity index (χ3n) is 4.05. The Balaban J connectivity index is 1.81. The van der Waals surface area contributed by atoms with Crippen LogP contribution in [-0.2, 0) is 11.4 Å². The first-order chi connectivity index (χ1) is 10.8. The van der Waals surface area contributed by atoms with E-state index in [0.29, 0.717) is 0 Å². The van der Waals surface area contributed by atoms with E-state index in [9.17, 15) is 9.90 Å². The maximum atomic E-state index is 11.7. The highest BCUT2D eigenvalue weighted by Crippen LogP contribution is 2.34. The molecule has 0 atom stereocenters. The lowest BCUT2D eigenvalue weighted by Crippen LogP contribution is -2.31. The number of hydrogen-bond acceptors (Lipinski definition) is 4. The van der Waals surface area contributed by atoms with Crippen molar-refractivity contribution in [3.8, 4) is 0 Å². The van der Waals surface area contributed by atoms with E-state index in [0.717, 1.165) is 46.9 Å².